The molecule has 0 bridgehead atoms. The fourth-order valence-corrected chi connectivity index (χ4v) is 4.24. The number of halogens is 1. The van der Waals surface area contributed by atoms with E-state index in [1.807, 2.05) is 46.1 Å². The van der Waals surface area contributed by atoms with Crippen molar-refractivity contribution in [2.75, 3.05) is 13.1 Å². The highest BCUT2D eigenvalue weighted by molar-refractivity contribution is 5.83. The second-order valence-electron chi connectivity index (χ2n) is 8.31. The van der Waals surface area contributed by atoms with Gasteiger partial charge in [0.1, 0.15) is 5.82 Å². The van der Waals surface area contributed by atoms with Crippen molar-refractivity contribution in [3.63, 3.8) is 0 Å². The number of aromatic nitrogens is 1. The lowest BCUT2D eigenvalue weighted by atomic mass is 9.99. The van der Waals surface area contributed by atoms with Crippen LogP contribution in [0.15, 0.2) is 79.1 Å². The molecule has 0 atom stereocenters. The van der Waals surface area contributed by atoms with Gasteiger partial charge in [-0.25, -0.2) is 4.39 Å². The van der Waals surface area contributed by atoms with E-state index in [4.69, 9.17) is 5.11 Å². The minimum absolute atomic E-state index is 0.280. The normalized spacial score (nSPS) is 14.6. The average molecular weight is 414 g/mol. The van der Waals surface area contributed by atoms with Crippen LogP contribution in [0.4, 0.5) is 4.39 Å². The van der Waals surface area contributed by atoms with Crippen LogP contribution in [0, 0.1) is 11.7 Å². The highest BCUT2D eigenvalue weighted by Gasteiger charge is 2.32. The van der Waals surface area contributed by atoms with Crippen LogP contribution < -0.4 is 0 Å². The van der Waals surface area contributed by atoms with E-state index in [0.29, 0.717) is 25.3 Å². The smallest absolute Gasteiger partial charge is 0.309 e. The van der Waals surface area contributed by atoms with Gasteiger partial charge in [-0.2, -0.15) is 0 Å². The van der Waals surface area contributed by atoms with Gasteiger partial charge >= 0.3 is 5.97 Å². The van der Waals surface area contributed by atoms with Gasteiger partial charge in [-0.15, -0.1) is 0 Å². The molecule has 0 spiro atoms. The number of rotatable bonds is 6. The standard InChI is InChI=1S/C26H23FN2O2/c27-24-12-20(13-28-14-23(15-28)26(30)31)7-9-25(24)29-16-21-8-6-19(11-22(21)17-29)10-18-4-2-1-3-5-18/h1-9,11-12,16-17,23H,10,13-15H2,(H,30,31). The number of hydrogen-bond donors (Lipinski definition) is 1. The van der Waals surface area contributed by atoms with Crippen molar-refractivity contribution in [2.24, 2.45) is 5.92 Å². The molecule has 5 heteroatoms. The lowest BCUT2D eigenvalue weighted by Gasteiger charge is -2.36. The van der Waals surface area contributed by atoms with Gasteiger partial charge < -0.3 is 9.67 Å². The fraction of sp³-hybridized carbons (Fsp3) is 0.192. The molecule has 3 aromatic carbocycles. The quantitative estimate of drug-likeness (QED) is 0.489. The maximum Gasteiger partial charge on any atom is 0.309 e. The first kappa shape index (κ1) is 19.5. The first-order chi connectivity index (χ1) is 15.0. The Morgan fingerprint density at radius 3 is 2.39 bits per heavy atom. The summed E-state index contributed by atoms with van der Waals surface area (Å²) in [6.07, 6.45) is 4.78. The van der Waals surface area contributed by atoms with Gasteiger partial charge in [-0.05, 0) is 46.7 Å². The predicted octanol–water partition coefficient (Wildman–Crippen LogP) is 4.88. The molecule has 0 aliphatic carbocycles. The van der Waals surface area contributed by atoms with Crippen LogP contribution in [0.2, 0.25) is 0 Å². The zero-order chi connectivity index (χ0) is 21.4. The molecule has 1 saturated heterocycles. The number of carboxylic acid groups (broad SMARTS) is 1. The molecule has 1 aliphatic heterocycles. The second kappa shape index (κ2) is 8.00. The Labute approximate surface area is 180 Å². The van der Waals surface area contributed by atoms with Crippen molar-refractivity contribution < 1.29 is 14.3 Å². The zero-order valence-corrected chi connectivity index (χ0v) is 17.0. The molecular weight excluding hydrogens is 391 g/mol. The third kappa shape index (κ3) is 4.09. The molecule has 0 radical (unpaired) electrons. The molecular formula is C26H23FN2O2. The van der Waals surface area contributed by atoms with Crippen LogP contribution in [0.5, 0.6) is 0 Å². The maximum absolute atomic E-state index is 14.9. The SMILES string of the molecule is O=C(O)C1CN(Cc2ccc(-n3cc4ccc(Cc5ccccc5)cc4c3)c(F)c2)C1. The summed E-state index contributed by atoms with van der Waals surface area (Å²) >= 11 is 0. The Morgan fingerprint density at radius 1 is 0.903 bits per heavy atom. The third-order valence-corrected chi connectivity index (χ3v) is 5.96. The molecule has 1 fully saturated rings. The van der Waals surface area contributed by atoms with Crippen LogP contribution in [0.3, 0.4) is 0 Å². The number of aliphatic carboxylic acids is 1. The van der Waals surface area contributed by atoms with Gasteiger partial charge in [0.2, 0.25) is 0 Å². The fourth-order valence-electron chi connectivity index (χ4n) is 4.24. The van der Waals surface area contributed by atoms with Gasteiger partial charge in [0.05, 0.1) is 11.6 Å². The Morgan fingerprint density at radius 2 is 1.65 bits per heavy atom. The summed E-state index contributed by atoms with van der Waals surface area (Å²) in [7, 11) is 0. The van der Waals surface area contributed by atoms with E-state index in [9.17, 15) is 9.18 Å². The number of benzene rings is 3. The topological polar surface area (TPSA) is 45.5 Å². The summed E-state index contributed by atoms with van der Waals surface area (Å²) in [5.41, 5.74) is 3.85. The lowest BCUT2D eigenvalue weighted by molar-refractivity contribution is -0.147. The van der Waals surface area contributed by atoms with E-state index < -0.39 is 5.97 Å². The molecule has 1 aliphatic rings. The number of nitrogens with zero attached hydrogens (tertiary/aromatic N) is 2. The molecule has 0 unspecified atom stereocenters. The van der Waals surface area contributed by atoms with E-state index in [-0.39, 0.29) is 11.7 Å². The lowest BCUT2D eigenvalue weighted by Crippen LogP contribution is -2.49. The van der Waals surface area contributed by atoms with E-state index in [1.165, 1.54) is 11.1 Å². The van der Waals surface area contributed by atoms with Crippen LogP contribution in [0.25, 0.3) is 16.5 Å². The molecule has 4 nitrogen and oxygen atoms in total. The number of likely N-dealkylation sites (tertiary alicyclic amines) is 1. The molecule has 2 heterocycles. The molecule has 0 saturated carbocycles. The largest absolute Gasteiger partial charge is 0.481 e. The molecule has 4 aromatic rings. The Bertz CT molecular complexity index is 1240. The first-order valence-electron chi connectivity index (χ1n) is 10.4. The maximum atomic E-state index is 14.9. The molecule has 1 N–H and O–H groups in total. The summed E-state index contributed by atoms with van der Waals surface area (Å²) in [6, 6.07) is 22.0. The summed E-state index contributed by atoms with van der Waals surface area (Å²) in [4.78, 5) is 13.0. The number of fused-ring (bicyclic) bond motifs is 1. The van der Waals surface area contributed by atoms with Crippen molar-refractivity contribution in [1.82, 2.24) is 9.47 Å². The number of hydrogen-bond acceptors (Lipinski definition) is 2. The number of carboxylic acids is 1. The van der Waals surface area contributed by atoms with Crippen molar-refractivity contribution in [3.05, 3.63) is 102 Å². The summed E-state index contributed by atoms with van der Waals surface area (Å²) in [5.74, 6) is -1.34. The average Bonchev–Trinajstić information content (AvgIpc) is 3.14. The van der Waals surface area contributed by atoms with Gasteiger partial charge in [0, 0.05) is 37.4 Å². The second-order valence-corrected chi connectivity index (χ2v) is 8.31. The molecule has 5 rings (SSSR count). The van der Waals surface area contributed by atoms with Crippen LogP contribution in [-0.4, -0.2) is 33.6 Å². The van der Waals surface area contributed by atoms with Gasteiger partial charge in [0.15, 0.2) is 0 Å². The van der Waals surface area contributed by atoms with E-state index in [2.05, 4.69) is 30.3 Å². The molecule has 0 amide bonds. The number of carbonyl (C=O) groups is 1. The molecule has 1 aromatic heterocycles. The van der Waals surface area contributed by atoms with Gasteiger partial charge in [-0.1, -0.05) is 48.5 Å². The monoisotopic (exact) mass is 414 g/mol. The highest BCUT2D eigenvalue weighted by atomic mass is 19.1. The summed E-state index contributed by atoms with van der Waals surface area (Å²) < 4.78 is 16.7. The van der Waals surface area contributed by atoms with E-state index in [1.54, 1.807) is 12.1 Å². The predicted molar refractivity (Wildman–Crippen MR) is 119 cm³/mol. The Kier molecular flexibility index (Phi) is 5.04. The van der Waals surface area contributed by atoms with Crippen molar-refractivity contribution >= 4 is 16.7 Å². The minimum atomic E-state index is -0.760. The van der Waals surface area contributed by atoms with Gasteiger partial charge in [-0.3, -0.25) is 9.69 Å². The molecule has 31 heavy (non-hydrogen) atoms. The van der Waals surface area contributed by atoms with Crippen molar-refractivity contribution in [3.8, 4) is 5.69 Å². The van der Waals surface area contributed by atoms with Crippen molar-refractivity contribution in [2.45, 2.75) is 13.0 Å². The highest BCUT2D eigenvalue weighted by Crippen LogP contribution is 2.25. The Hall–Kier alpha value is -3.44. The summed E-state index contributed by atoms with van der Waals surface area (Å²) in [6.45, 7) is 1.61. The third-order valence-electron chi connectivity index (χ3n) is 5.96. The minimum Gasteiger partial charge on any atom is -0.481 e. The van der Waals surface area contributed by atoms with E-state index in [0.717, 1.165) is 22.8 Å². The summed E-state index contributed by atoms with van der Waals surface area (Å²) in [5, 5.41) is 11.1. The van der Waals surface area contributed by atoms with Crippen LogP contribution >= 0.6 is 0 Å². The first-order valence-corrected chi connectivity index (χ1v) is 10.4. The van der Waals surface area contributed by atoms with Gasteiger partial charge in [0.25, 0.3) is 0 Å². The van der Waals surface area contributed by atoms with Crippen molar-refractivity contribution in [1.29, 1.82) is 0 Å². The zero-order valence-electron chi connectivity index (χ0n) is 17.0. The Balaban J connectivity index is 1.33. The molecule has 156 valence electrons. The van der Waals surface area contributed by atoms with Crippen LogP contribution in [-0.2, 0) is 17.8 Å². The van der Waals surface area contributed by atoms with Crippen LogP contribution in [0.1, 0.15) is 16.7 Å². The van der Waals surface area contributed by atoms with E-state index >= 15 is 0 Å².